The standard InChI is InChI=1S/C8H15N.3C2H6/c1-4-7-8-9(5-2)6-3;3*1-2/h5-6H,2-4,7-8H2,1H3;3*1-2H3. The van der Waals surface area contributed by atoms with E-state index in [0.717, 1.165) is 6.54 Å². The second kappa shape index (κ2) is 37.8. The largest absolute Gasteiger partial charge is 0.355 e. The zero-order valence-electron chi connectivity index (χ0n) is 12.1. The Hall–Kier alpha value is -0.720. The molecule has 1 nitrogen and oxygen atoms in total. The molecule has 0 radical (unpaired) electrons. The van der Waals surface area contributed by atoms with E-state index in [9.17, 15) is 0 Å². The number of unbranched alkanes of at least 4 members (excludes halogenated alkanes) is 1. The van der Waals surface area contributed by atoms with Crippen LogP contribution in [0.2, 0.25) is 0 Å². The molecule has 0 aliphatic rings. The van der Waals surface area contributed by atoms with E-state index in [1.807, 2.05) is 46.4 Å². The van der Waals surface area contributed by atoms with E-state index < -0.39 is 0 Å². The minimum Gasteiger partial charge on any atom is -0.355 e. The van der Waals surface area contributed by atoms with Crippen LogP contribution in [0.4, 0.5) is 0 Å². The van der Waals surface area contributed by atoms with Crippen LogP contribution in [0.15, 0.2) is 25.6 Å². The quantitative estimate of drug-likeness (QED) is 0.589. The summed E-state index contributed by atoms with van der Waals surface area (Å²) >= 11 is 0. The van der Waals surface area contributed by atoms with Crippen LogP contribution in [0.5, 0.6) is 0 Å². The first kappa shape index (κ1) is 23.8. The van der Waals surface area contributed by atoms with Crippen molar-refractivity contribution in [3.8, 4) is 0 Å². The summed E-state index contributed by atoms with van der Waals surface area (Å²) in [6, 6.07) is 0. The highest BCUT2D eigenvalue weighted by Crippen LogP contribution is 1.93. The molecule has 0 N–H and O–H groups in total. The maximum absolute atomic E-state index is 3.64. The van der Waals surface area contributed by atoms with Crippen LogP contribution >= 0.6 is 0 Å². The van der Waals surface area contributed by atoms with Gasteiger partial charge in [-0.2, -0.15) is 0 Å². The third-order valence-electron chi connectivity index (χ3n) is 1.24. The summed E-state index contributed by atoms with van der Waals surface area (Å²) < 4.78 is 0. The fraction of sp³-hybridized carbons (Fsp3) is 0.714. The predicted octanol–water partition coefficient (Wildman–Crippen LogP) is 5.45. The topological polar surface area (TPSA) is 3.24 Å². The first-order chi connectivity index (χ1) is 7.35. The van der Waals surface area contributed by atoms with Gasteiger partial charge in [0.25, 0.3) is 0 Å². The molecule has 0 fully saturated rings. The highest BCUT2D eigenvalue weighted by Gasteiger charge is 1.87. The number of nitrogens with zero attached hydrogens (tertiary/aromatic N) is 1. The van der Waals surface area contributed by atoms with Crippen molar-refractivity contribution < 1.29 is 0 Å². The van der Waals surface area contributed by atoms with E-state index in [1.54, 1.807) is 12.4 Å². The number of rotatable bonds is 5. The Morgan fingerprint density at radius 3 is 1.40 bits per heavy atom. The Balaban J connectivity index is -0.0000000860. The molecule has 0 spiro atoms. The van der Waals surface area contributed by atoms with Crippen molar-refractivity contribution in [2.45, 2.75) is 61.3 Å². The molecule has 0 unspecified atom stereocenters. The lowest BCUT2D eigenvalue weighted by atomic mass is 10.3. The molecule has 0 aromatic heterocycles. The van der Waals surface area contributed by atoms with E-state index in [2.05, 4.69) is 20.1 Å². The summed E-state index contributed by atoms with van der Waals surface area (Å²) in [5.74, 6) is 0. The smallest absolute Gasteiger partial charge is 0.0219 e. The van der Waals surface area contributed by atoms with Gasteiger partial charge in [0.1, 0.15) is 0 Å². The second-order valence-corrected chi connectivity index (χ2v) is 1.96. The Kier molecular flexibility index (Phi) is 60.0. The molecular formula is C14H33N. The Labute approximate surface area is 98.9 Å². The van der Waals surface area contributed by atoms with Crippen molar-refractivity contribution >= 4 is 0 Å². The van der Waals surface area contributed by atoms with Gasteiger partial charge in [-0.3, -0.25) is 0 Å². The fourth-order valence-electron chi connectivity index (χ4n) is 0.598. The van der Waals surface area contributed by atoms with Gasteiger partial charge >= 0.3 is 0 Å². The molecule has 0 aliphatic heterocycles. The van der Waals surface area contributed by atoms with Gasteiger partial charge in [0, 0.05) is 6.54 Å². The SMILES string of the molecule is C=CN(C=C)CCCC.CC.CC.CC. The molecular weight excluding hydrogens is 182 g/mol. The van der Waals surface area contributed by atoms with Crippen molar-refractivity contribution in [3.05, 3.63) is 25.6 Å². The number of hydrogen-bond acceptors (Lipinski definition) is 1. The third-order valence-corrected chi connectivity index (χ3v) is 1.24. The van der Waals surface area contributed by atoms with E-state index in [0.29, 0.717) is 0 Å². The van der Waals surface area contributed by atoms with Crippen LogP contribution < -0.4 is 0 Å². The lowest BCUT2D eigenvalue weighted by Crippen LogP contribution is -2.09. The summed E-state index contributed by atoms with van der Waals surface area (Å²) in [4.78, 5) is 1.99. The van der Waals surface area contributed by atoms with Crippen molar-refractivity contribution in [3.63, 3.8) is 0 Å². The zero-order chi connectivity index (χ0) is 13.1. The summed E-state index contributed by atoms with van der Waals surface area (Å²) in [6.45, 7) is 22.5. The molecule has 0 heterocycles. The van der Waals surface area contributed by atoms with E-state index in [4.69, 9.17) is 0 Å². The van der Waals surface area contributed by atoms with Gasteiger partial charge in [0.05, 0.1) is 0 Å². The van der Waals surface area contributed by atoms with Crippen LogP contribution in [0.3, 0.4) is 0 Å². The average Bonchev–Trinajstić information content (AvgIpc) is 2.38. The molecule has 0 amide bonds. The molecule has 0 bridgehead atoms. The first-order valence-electron chi connectivity index (χ1n) is 6.36. The molecule has 15 heavy (non-hydrogen) atoms. The summed E-state index contributed by atoms with van der Waals surface area (Å²) in [7, 11) is 0. The lowest BCUT2D eigenvalue weighted by molar-refractivity contribution is 0.487. The highest BCUT2D eigenvalue weighted by atomic mass is 15.1. The van der Waals surface area contributed by atoms with Gasteiger partial charge in [-0.1, -0.05) is 68.0 Å². The molecule has 0 aromatic rings. The molecule has 94 valence electrons. The Morgan fingerprint density at radius 1 is 0.867 bits per heavy atom. The van der Waals surface area contributed by atoms with Gasteiger partial charge < -0.3 is 4.90 Å². The average molecular weight is 215 g/mol. The van der Waals surface area contributed by atoms with Gasteiger partial charge in [-0.25, -0.2) is 0 Å². The highest BCUT2D eigenvalue weighted by molar-refractivity contribution is 4.79. The molecule has 0 rings (SSSR count). The minimum atomic E-state index is 1.05. The predicted molar refractivity (Wildman–Crippen MR) is 76.1 cm³/mol. The zero-order valence-corrected chi connectivity index (χ0v) is 12.1. The lowest BCUT2D eigenvalue weighted by Gasteiger charge is -2.12. The van der Waals surface area contributed by atoms with Crippen molar-refractivity contribution in [2.24, 2.45) is 0 Å². The first-order valence-corrected chi connectivity index (χ1v) is 6.36. The van der Waals surface area contributed by atoms with Crippen molar-refractivity contribution in [1.82, 2.24) is 4.90 Å². The summed E-state index contributed by atoms with van der Waals surface area (Å²) in [6.07, 6.45) is 6.02. The van der Waals surface area contributed by atoms with Crippen LogP contribution in [0.25, 0.3) is 0 Å². The van der Waals surface area contributed by atoms with Gasteiger partial charge in [0.15, 0.2) is 0 Å². The molecule has 0 saturated carbocycles. The normalized spacial score (nSPS) is 6.33. The molecule has 0 aliphatic carbocycles. The maximum Gasteiger partial charge on any atom is 0.0219 e. The van der Waals surface area contributed by atoms with Crippen LogP contribution in [0.1, 0.15) is 61.3 Å². The molecule has 0 atom stereocenters. The van der Waals surface area contributed by atoms with Gasteiger partial charge in [-0.05, 0) is 18.8 Å². The minimum absolute atomic E-state index is 1.05. The van der Waals surface area contributed by atoms with E-state index in [1.165, 1.54) is 12.8 Å². The van der Waals surface area contributed by atoms with Crippen molar-refractivity contribution in [1.29, 1.82) is 0 Å². The number of hydrogen-bond donors (Lipinski definition) is 0. The van der Waals surface area contributed by atoms with Crippen LogP contribution in [-0.4, -0.2) is 11.4 Å². The summed E-state index contributed by atoms with van der Waals surface area (Å²) in [5.41, 5.74) is 0. The fourth-order valence-corrected chi connectivity index (χ4v) is 0.598. The Bertz CT molecular complexity index is 79.3. The third kappa shape index (κ3) is 31.9. The second-order valence-electron chi connectivity index (χ2n) is 1.96. The van der Waals surface area contributed by atoms with E-state index >= 15 is 0 Å². The maximum atomic E-state index is 3.64. The van der Waals surface area contributed by atoms with Crippen molar-refractivity contribution in [2.75, 3.05) is 6.54 Å². The Morgan fingerprint density at radius 2 is 1.20 bits per heavy atom. The van der Waals surface area contributed by atoms with Crippen LogP contribution in [-0.2, 0) is 0 Å². The molecule has 0 saturated heterocycles. The van der Waals surface area contributed by atoms with Gasteiger partial charge in [-0.15, -0.1) is 0 Å². The summed E-state index contributed by atoms with van der Waals surface area (Å²) in [5, 5.41) is 0. The molecule has 0 aromatic carbocycles. The van der Waals surface area contributed by atoms with Crippen LogP contribution in [0, 0.1) is 0 Å². The van der Waals surface area contributed by atoms with Gasteiger partial charge in [0.2, 0.25) is 0 Å². The monoisotopic (exact) mass is 215 g/mol. The van der Waals surface area contributed by atoms with E-state index in [-0.39, 0.29) is 0 Å². The molecule has 1 heteroatoms.